The number of hydrogen-bond acceptors (Lipinski definition) is 15. The van der Waals surface area contributed by atoms with Crippen molar-refractivity contribution in [2.24, 2.45) is 11.8 Å². The first-order chi connectivity index (χ1) is 33.1. The number of nitrogens with zero attached hydrogens (tertiary/aromatic N) is 2. The second-order valence-corrected chi connectivity index (χ2v) is 20.0. The van der Waals surface area contributed by atoms with E-state index >= 15 is 0 Å². The number of oxazole rings is 2. The Morgan fingerprint density at radius 3 is 2.57 bits per heavy atom. The predicted octanol–water partition coefficient (Wildman–Crippen LogP) is 8.76. The molecule has 4 saturated heterocycles. The molecule has 5 aliphatic heterocycles. The number of fused-ring (bicyclic) bond motifs is 9. The number of halogens is 1. The van der Waals surface area contributed by atoms with Gasteiger partial charge in [0.05, 0.1) is 67.5 Å². The zero-order chi connectivity index (χ0) is 49.2. The number of aliphatic hydroxyl groups is 3. The van der Waals surface area contributed by atoms with Gasteiger partial charge in [-0.05, 0) is 75.1 Å². The highest BCUT2D eigenvalue weighted by atomic mass is 79.9. The fourth-order valence-electron chi connectivity index (χ4n) is 10.4. The molecule has 16 heteroatoms. The van der Waals surface area contributed by atoms with E-state index in [1.54, 1.807) is 37.6 Å². The molecular weight excluding hydrogens is 952 g/mol. The van der Waals surface area contributed by atoms with Crippen LogP contribution in [0.2, 0.25) is 0 Å². The van der Waals surface area contributed by atoms with Gasteiger partial charge in [0.15, 0.2) is 11.7 Å². The minimum atomic E-state index is -1.73. The smallest absolute Gasteiger partial charge is 0.330 e. The number of ether oxygens (including phenoxy) is 7. The van der Waals surface area contributed by atoms with Crippen LogP contribution in [0.25, 0.3) is 12.2 Å². The minimum Gasteiger partial charge on any atom is -0.458 e. The van der Waals surface area contributed by atoms with Crippen LogP contribution in [-0.4, -0.2) is 118 Å². The zero-order valence-electron chi connectivity index (χ0n) is 40.7. The SMILES string of the molecule is C=C1C[C@@H]2C[C@@H]3C[C@@H](O)C[C@@H](O3)c3coc(n3)/C=C\C[C@H]3O[C@@H](/C(C)=C/c4coc(C[C@]5(O)C[C@H](OC)C[C@H]([C@H](O)/C=C(C)/C=C/[C@@H](C/C=C/Br)OC)O5)n4)[C@H](C)[C@@H](OC(=O)/C=C\C[C@@H](C1)O2)[C@H]3C. The van der Waals surface area contributed by atoms with Gasteiger partial charge in [0.1, 0.15) is 36.1 Å². The molecular formula is C53H71BrN2O13. The van der Waals surface area contributed by atoms with Crippen LogP contribution in [0.5, 0.6) is 0 Å². The quantitative estimate of drug-likeness (QED) is 0.104. The number of aromatic nitrogens is 2. The maximum absolute atomic E-state index is 13.6. The standard InChI is InChI=1S/C53H71BrN2O13/c1-31(16-17-38(61-6)12-10-18-54)21-44(58)47-26-42(62-7)27-53(60,69-47)28-49-55-36(29-63-49)22-33(3)51-35(5)52-34(4)45(67-51)13-9-14-48-56-43(30-64-48)46-24-37(57)23-41(66-46)25-40-20-32(2)19-39(65-40)11-8-15-50(59)68-52/h8-10,14-18,21-22,29-30,34-35,37-42,44-47,51-52,57-58,60H,2,11-13,19-20,23-28H2,1,3-7H3/b14-9-,15-8-,17-16+,18-10+,31-21+,33-22+/t34-,35-,37+,38+,39-,40+,41-,42+,44+,45+,46+,47+,51-,52-,53-/m0/s1. The monoisotopic (exact) mass is 1020 g/mol. The average molecular weight is 1020 g/mol. The first kappa shape index (κ1) is 53.0. The van der Waals surface area contributed by atoms with Crippen molar-refractivity contribution >= 4 is 34.1 Å². The van der Waals surface area contributed by atoms with Crippen LogP contribution < -0.4 is 0 Å². The summed E-state index contributed by atoms with van der Waals surface area (Å²) in [6, 6.07) is 0. The highest BCUT2D eigenvalue weighted by Gasteiger charge is 2.45. The highest BCUT2D eigenvalue weighted by Crippen LogP contribution is 2.40. The molecule has 3 N–H and O–H groups in total. The molecule has 15 nitrogen and oxygen atoms in total. The van der Waals surface area contributed by atoms with Crippen LogP contribution in [0.3, 0.4) is 0 Å². The first-order valence-electron chi connectivity index (χ1n) is 24.3. The van der Waals surface area contributed by atoms with Gasteiger partial charge in [0.25, 0.3) is 0 Å². The van der Waals surface area contributed by atoms with Crippen LogP contribution >= 0.6 is 15.9 Å². The van der Waals surface area contributed by atoms with Crippen LogP contribution in [-0.2, 0) is 44.4 Å². The molecule has 2 aromatic heterocycles. The third kappa shape index (κ3) is 14.6. The summed E-state index contributed by atoms with van der Waals surface area (Å²) < 4.78 is 55.2. The zero-order valence-corrected chi connectivity index (χ0v) is 42.3. The summed E-state index contributed by atoms with van der Waals surface area (Å²) in [6.45, 7) is 12.2. The number of carbonyl (C=O) groups is 1. The molecule has 15 atom stereocenters. The van der Waals surface area contributed by atoms with E-state index in [2.05, 4.69) is 22.5 Å². The summed E-state index contributed by atoms with van der Waals surface area (Å²) in [5.74, 6) is -1.95. The van der Waals surface area contributed by atoms with Gasteiger partial charge in [0.2, 0.25) is 5.89 Å². The molecule has 0 radical (unpaired) electrons. The molecule has 8 bridgehead atoms. The lowest BCUT2D eigenvalue weighted by molar-refractivity contribution is -0.286. The second kappa shape index (κ2) is 24.5. The van der Waals surface area contributed by atoms with Crippen molar-refractivity contribution < 1.29 is 62.1 Å². The lowest BCUT2D eigenvalue weighted by Gasteiger charge is -2.44. The van der Waals surface area contributed by atoms with E-state index in [1.807, 2.05) is 64.2 Å². The molecule has 0 saturated carbocycles. The number of carbonyl (C=O) groups excluding carboxylic acids is 1. The molecule has 0 unspecified atom stereocenters. The van der Waals surface area contributed by atoms with E-state index in [1.165, 1.54) is 12.3 Å². The number of methoxy groups -OCH3 is 2. The second-order valence-electron chi connectivity index (χ2n) is 19.5. The van der Waals surface area contributed by atoms with Gasteiger partial charge in [-0.1, -0.05) is 84.0 Å². The van der Waals surface area contributed by atoms with Crippen molar-refractivity contribution in [3.63, 3.8) is 0 Å². The molecule has 7 heterocycles. The summed E-state index contributed by atoms with van der Waals surface area (Å²) in [5, 5.41) is 33.9. The van der Waals surface area contributed by atoms with E-state index in [9.17, 15) is 20.1 Å². The summed E-state index contributed by atoms with van der Waals surface area (Å²) in [4.78, 5) is 24.8. The molecule has 7 rings (SSSR count). The van der Waals surface area contributed by atoms with E-state index in [-0.39, 0.29) is 67.2 Å². The number of rotatable bonds is 12. The number of hydrogen-bond donors (Lipinski definition) is 3. The number of aliphatic hydroxyl groups excluding tert-OH is 2. The van der Waals surface area contributed by atoms with Crippen LogP contribution in [0, 0.1) is 11.8 Å². The van der Waals surface area contributed by atoms with E-state index in [0.29, 0.717) is 75.1 Å². The Kier molecular flexibility index (Phi) is 18.9. The topological polar surface area (TPSA) is 194 Å². The maximum Gasteiger partial charge on any atom is 0.330 e. The molecule has 378 valence electrons. The highest BCUT2D eigenvalue weighted by molar-refractivity contribution is 9.11. The van der Waals surface area contributed by atoms with Crippen molar-refractivity contribution in [3.8, 4) is 0 Å². The van der Waals surface area contributed by atoms with Gasteiger partial charge < -0.3 is 57.3 Å². The first-order valence-corrected chi connectivity index (χ1v) is 25.2. The molecule has 0 aromatic carbocycles. The molecule has 4 fully saturated rings. The predicted molar refractivity (Wildman–Crippen MR) is 261 cm³/mol. The molecule has 69 heavy (non-hydrogen) atoms. The fourth-order valence-corrected chi connectivity index (χ4v) is 10.6. The Morgan fingerprint density at radius 1 is 0.986 bits per heavy atom. The van der Waals surface area contributed by atoms with Gasteiger partial charge in [-0.25, -0.2) is 14.8 Å². The van der Waals surface area contributed by atoms with Crippen molar-refractivity contribution in [2.75, 3.05) is 14.2 Å². The third-order valence-corrected chi connectivity index (χ3v) is 14.2. The Labute approximate surface area is 414 Å². The van der Waals surface area contributed by atoms with E-state index in [4.69, 9.17) is 52.0 Å². The summed E-state index contributed by atoms with van der Waals surface area (Å²) in [5.41, 5.74) is 3.86. The normalized spacial score (nSPS) is 36.1. The molecule has 5 aliphatic rings. The Balaban J connectivity index is 1.06. The van der Waals surface area contributed by atoms with E-state index < -0.39 is 48.4 Å². The molecule has 0 amide bonds. The summed E-state index contributed by atoms with van der Waals surface area (Å²) >= 11 is 3.28. The fraction of sp³-hybridized carbons (Fsp3) is 0.604. The average Bonchev–Trinajstić information content (AvgIpc) is 3.96. The summed E-state index contributed by atoms with van der Waals surface area (Å²) in [7, 11) is 3.22. The van der Waals surface area contributed by atoms with Crippen LogP contribution in [0.1, 0.15) is 121 Å². The molecule has 2 aromatic rings. The van der Waals surface area contributed by atoms with Crippen molar-refractivity contribution in [1.82, 2.24) is 9.97 Å². The lowest BCUT2D eigenvalue weighted by Crippen LogP contribution is -2.51. The summed E-state index contributed by atoms with van der Waals surface area (Å²) in [6.07, 6.45) is 19.5. The lowest BCUT2D eigenvalue weighted by atomic mass is 9.79. The van der Waals surface area contributed by atoms with Gasteiger partial charge in [-0.3, -0.25) is 0 Å². The minimum absolute atomic E-state index is 0.0830. The molecule has 0 spiro atoms. The number of esters is 1. The van der Waals surface area contributed by atoms with Crippen molar-refractivity contribution in [3.05, 3.63) is 107 Å². The Morgan fingerprint density at radius 2 is 1.78 bits per heavy atom. The van der Waals surface area contributed by atoms with Gasteiger partial charge >= 0.3 is 5.97 Å². The van der Waals surface area contributed by atoms with Crippen LogP contribution in [0.15, 0.2) is 92.2 Å². The maximum atomic E-state index is 13.6. The van der Waals surface area contributed by atoms with Gasteiger partial charge in [-0.15, -0.1) is 0 Å². The third-order valence-electron chi connectivity index (χ3n) is 13.9. The van der Waals surface area contributed by atoms with Crippen molar-refractivity contribution in [2.45, 2.75) is 177 Å². The largest absolute Gasteiger partial charge is 0.458 e. The molecule has 0 aliphatic carbocycles. The Bertz CT molecular complexity index is 2210. The van der Waals surface area contributed by atoms with Crippen LogP contribution in [0.4, 0.5) is 0 Å². The van der Waals surface area contributed by atoms with Gasteiger partial charge in [0, 0.05) is 57.8 Å². The van der Waals surface area contributed by atoms with E-state index in [0.717, 1.165) is 16.7 Å². The number of allylic oxidation sites excluding steroid dienone is 2. The van der Waals surface area contributed by atoms with Gasteiger partial charge in [-0.2, -0.15) is 0 Å². The van der Waals surface area contributed by atoms with Crippen molar-refractivity contribution in [1.29, 1.82) is 0 Å². The Hall–Kier alpha value is -3.81.